The summed E-state index contributed by atoms with van der Waals surface area (Å²) in [6, 6.07) is 0. The molecule has 0 aliphatic rings. The van der Waals surface area contributed by atoms with Crippen molar-refractivity contribution in [2.45, 2.75) is 26.2 Å². The summed E-state index contributed by atoms with van der Waals surface area (Å²) in [5.41, 5.74) is 0.968. The summed E-state index contributed by atoms with van der Waals surface area (Å²) in [6.07, 6.45) is 6.39. The number of carbonyl (C=O) groups excluding carboxylic acids is 1. The van der Waals surface area contributed by atoms with Gasteiger partial charge in [0.1, 0.15) is 5.82 Å². The van der Waals surface area contributed by atoms with Gasteiger partial charge in [0.25, 0.3) is 5.91 Å². The first-order chi connectivity index (χ1) is 8.86. The van der Waals surface area contributed by atoms with E-state index < -0.39 is 0 Å². The molecule has 1 N–H and O–H groups in total. The van der Waals surface area contributed by atoms with Gasteiger partial charge in [0.15, 0.2) is 0 Å². The van der Waals surface area contributed by atoms with E-state index in [0.717, 1.165) is 5.82 Å². The maximum atomic E-state index is 11.9. The Morgan fingerprint density at radius 1 is 1.21 bits per heavy atom. The average Bonchev–Trinajstić information content (AvgIpc) is 2.75. The second-order valence-corrected chi connectivity index (χ2v) is 5.40. The van der Waals surface area contributed by atoms with Crippen LogP contribution in [0.5, 0.6) is 0 Å². The molecule has 2 heterocycles. The number of hydrogen-bond donors (Lipinski definition) is 1. The highest BCUT2D eigenvalue weighted by molar-refractivity contribution is 6.03. The number of aryl methyl sites for hydroxylation is 1. The van der Waals surface area contributed by atoms with Crippen LogP contribution in [0.2, 0.25) is 0 Å². The lowest BCUT2D eigenvalue weighted by molar-refractivity contribution is 0.102. The van der Waals surface area contributed by atoms with Crippen LogP contribution in [0.25, 0.3) is 0 Å². The topological polar surface area (TPSA) is 72.7 Å². The van der Waals surface area contributed by atoms with Gasteiger partial charge in [-0.15, -0.1) is 0 Å². The van der Waals surface area contributed by atoms with Gasteiger partial charge in [-0.05, 0) is 0 Å². The molecule has 0 spiro atoms. The number of nitrogens with one attached hydrogen (secondary N) is 1. The Morgan fingerprint density at radius 3 is 2.32 bits per heavy atom. The molecule has 0 radical (unpaired) electrons. The first-order valence-electron chi connectivity index (χ1n) is 5.99. The smallest absolute Gasteiger partial charge is 0.258 e. The van der Waals surface area contributed by atoms with E-state index in [1.165, 1.54) is 6.20 Å². The second-order valence-electron chi connectivity index (χ2n) is 5.40. The quantitative estimate of drug-likeness (QED) is 0.892. The summed E-state index contributed by atoms with van der Waals surface area (Å²) in [5.74, 6) is 0.520. The molecule has 0 saturated heterocycles. The van der Waals surface area contributed by atoms with Gasteiger partial charge < -0.3 is 5.32 Å². The highest BCUT2D eigenvalue weighted by atomic mass is 16.1. The minimum atomic E-state index is -0.222. The minimum Gasteiger partial charge on any atom is -0.319 e. The highest BCUT2D eigenvalue weighted by Gasteiger charge is 2.17. The van der Waals surface area contributed by atoms with Crippen molar-refractivity contribution in [3.63, 3.8) is 0 Å². The maximum absolute atomic E-state index is 11.9. The standard InChI is InChI=1S/C13H17N5O/c1-13(2,3)12-14-6-10(7-15-12)17-11(19)9-5-16-18(4)8-9/h5-8H,1-4H3,(H,17,19). The van der Waals surface area contributed by atoms with E-state index in [4.69, 9.17) is 0 Å². The van der Waals surface area contributed by atoms with Gasteiger partial charge >= 0.3 is 0 Å². The fourth-order valence-electron chi connectivity index (χ4n) is 1.52. The lowest BCUT2D eigenvalue weighted by Crippen LogP contribution is -2.17. The molecule has 1 amide bonds. The number of rotatable bonds is 2. The van der Waals surface area contributed by atoms with Crippen molar-refractivity contribution >= 4 is 11.6 Å². The van der Waals surface area contributed by atoms with Gasteiger partial charge in [-0.3, -0.25) is 9.48 Å². The molecular weight excluding hydrogens is 242 g/mol. The van der Waals surface area contributed by atoms with Crippen LogP contribution >= 0.6 is 0 Å². The largest absolute Gasteiger partial charge is 0.319 e. The molecule has 0 bridgehead atoms. The van der Waals surface area contributed by atoms with Crippen molar-refractivity contribution in [1.29, 1.82) is 0 Å². The Morgan fingerprint density at radius 2 is 1.84 bits per heavy atom. The van der Waals surface area contributed by atoms with Crippen LogP contribution in [-0.2, 0) is 12.5 Å². The number of hydrogen-bond acceptors (Lipinski definition) is 4. The molecule has 19 heavy (non-hydrogen) atoms. The van der Waals surface area contributed by atoms with Gasteiger partial charge in [0.2, 0.25) is 0 Å². The molecular formula is C13H17N5O. The fourth-order valence-corrected chi connectivity index (χ4v) is 1.52. The third kappa shape index (κ3) is 3.15. The molecule has 6 heteroatoms. The predicted molar refractivity (Wildman–Crippen MR) is 71.9 cm³/mol. The molecule has 0 aliphatic carbocycles. The number of anilines is 1. The molecule has 2 rings (SSSR count). The summed E-state index contributed by atoms with van der Waals surface area (Å²) in [4.78, 5) is 20.4. The SMILES string of the molecule is Cn1cc(C(=O)Nc2cnc(C(C)(C)C)nc2)cn1. The van der Waals surface area contributed by atoms with Gasteiger partial charge in [-0.1, -0.05) is 20.8 Å². The molecule has 0 saturated carbocycles. The number of aromatic nitrogens is 4. The summed E-state index contributed by atoms with van der Waals surface area (Å²) >= 11 is 0. The lowest BCUT2D eigenvalue weighted by Gasteiger charge is -2.16. The monoisotopic (exact) mass is 259 g/mol. The van der Waals surface area contributed by atoms with E-state index >= 15 is 0 Å². The molecule has 6 nitrogen and oxygen atoms in total. The molecule has 0 aromatic carbocycles. The van der Waals surface area contributed by atoms with Crippen LogP contribution in [0, 0.1) is 0 Å². The highest BCUT2D eigenvalue weighted by Crippen LogP contribution is 2.18. The van der Waals surface area contributed by atoms with E-state index in [1.54, 1.807) is 30.3 Å². The van der Waals surface area contributed by atoms with Crippen LogP contribution < -0.4 is 5.32 Å². The van der Waals surface area contributed by atoms with Crippen molar-refractivity contribution in [1.82, 2.24) is 19.7 Å². The Balaban J connectivity index is 2.10. The summed E-state index contributed by atoms with van der Waals surface area (Å²) in [5, 5.41) is 6.68. The van der Waals surface area contributed by atoms with Gasteiger partial charge in [0.05, 0.1) is 29.8 Å². The van der Waals surface area contributed by atoms with E-state index in [2.05, 4.69) is 20.4 Å². The van der Waals surface area contributed by atoms with Crippen molar-refractivity contribution in [2.24, 2.45) is 7.05 Å². The zero-order chi connectivity index (χ0) is 14.0. The third-order valence-electron chi connectivity index (χ3n) is 2.55. The third-order valence-corrected chi connectivity index (χ3v) is 2.55. The van der Waals surface area contributed by atoms with Gasteiger partial charge in [0, 0.05) is 18.7 Å². The molecule has 0 atom stereocenters. The van der Waals surface area contributed by atoms with E-state index in [-0.39, 0.29) is 11.3 Å². The zero-order valence-corrected chi connectivity index (χ0v) is 11.5. The minimum absolute atomic E-state index is 0.105. The first-order valence-corrected chi connectivity index (χ1v) is 5.99. The molecule has 0 fully saturated rings. The Bertz CT molecular complexity index is 580. The number of carbonyl (C=O) groups is 1. The van der Waals surface area contributed by atoms with Gasteiger partial charge in [-0.25, -0.2) is 9.97 Å². The average molecular weight is 259 g/mol. The molecule has 2 aromatic heterocycles. The lowest BCUT2D eigenvalue weighted by atomic mass is 9.96. The van der Waals surface area contributed by atoms with Crippen molar-refractivity contribution < 1.29 is 4.79 Å². The first kappa shape index (κ1) is 13.2. The van der Waals surface area contributed by atoms with Crippen LogP contribution in [0.4, 0.5) is 5.69 Å². The Labute approximate surface area is 111 Å². The van der Waals surface area contributed by atoms with E-state index in [1.807, 2.05) is 20.8 Å². The van der Waals surface area contributed by atoms with Gasteiger partial charge in [-0.2, -0.15) is 5.10 Å². The fraction of sp³-hybridized carbons (Fsp3) is 0.385. The van der Waals surface area contributed by atoms with Crippen LogP contribution in [0.3, 0.4) is 0 Å². The molecule has 2 aromatic rings. The van der Waals surface area contributed by atoms with Crippen molar-refractivity contribution in [3.05, 3.63) is 36.2 Å². The zero-order valence-electron chi connectivity index (χ0n) is 11.5. The second kappa shape index (κ2) is 4.79. The normalized spacial score (nSPS) is 11.4. The number of amides is 1. The summed E-state index contributed by atoms with van der Waals surface area (Å²) in [6.45, 7) is 6.11. The number of nitrogens with zero attached hydrogens (tertiary/aromatic N) is 4. The van der Waals surface area contributed by atoms with Crippen molar-refractivity contribution in [2.75, 3.05) is 5.32 Å². The van der Waals surface area contributed by atoms with E-state index in [0.29, 0.717) is 11.3 Å². The molecule has 0 unspecified atom stereocenters. The molecule has 0 aliphatic heterocycles. The Hall–Kier alpha value is -2.24. The van der Waals surface area contributed by atoms with E-state index in [9.17, 15) is 4.79 Å². The van der Waals surface area contributed by atoms with Crippen LogP contribution in [0.15, 0.2) is 24.8 Å². The van der Waals surface area contributed by atoms with Crippen molar-refractivity contribution in [3.8, 4) is 0 Å². The Kier molecular flexibility index (Phi) is 3.33. The summed E-state index contributed by atoms with van der Waals surface area (Å²) < 4.78 is 1.58. The predicted octanol–water partition coefficient (Wildman–Crippen LogP) is 1.76. The summed E-state index contributed by atoms with van der Waals surface area (Å²) in [7, 11) is 1.76. The van der Waals surface area contributed by atoms with Crippen LogP contribution in [-0.4, -0.2) is 25.7 Å². The maximum Gasteiger partial charge on any atom is 0.258 e. The van der Waals surface area contributed by atoms with Crippen LogP contribution in [0.1, 0.15) is 37.0 Å². The molecule has 100 valence electrons.